The van der Waals surface area contributed by atoms with Crippen molar-refractivity contribution in [1.82, 2.24) is 9.97 Å². The molecule has 4 nitrogen and oxygen atoms in total. The molecular weight excluding hydrogens is 248 g/mol. The minimum atomic E-state index is -0.0354. The molecule has 1 fully saturated rings. The zero-order chi connectivity index (χ0) is 14.9. The number of anilines is 2. The van der Waals surface area contributed by atoms with E-state index in [0.29, 0.717) is 12.1 Å². The molecule has 0 aliphatic carbocycles. The molecule has 2 unspecified atom stereocenters. The molecule has 1 aliphatic heterocycles. The van der Waals surface area contributed by atoms with Gasteiger partial charge in [0.05, 0.1) is 0 Å². The largest absolute Gasteiger partial charge is 0.373 e. The third-order valence-corrected chi connectivity index (χ3v) is 4.16. The highest BCUT2D eigenvalue weighted by atomic mass is 15.3. The molecule has 2 heterocycles. The molecule has 0 aromatic carbocycles. The van der Waals surface area contributed by atoms with Gasteiger partial charge >= 0.3 is 0 Å². The molecule has 1 aromatic heterocycles. The quantitative estimate of drug-likeness (QED) is 0.916. The van der Waals surface area contributed by atoms with Gasteiger partial charge in [0.15, 0.2) is 0 Å². The normalized spacial score (nSPS) is 23.2. The van der Waals surface area contributed by atoms with E-state index in [0.717, 1.165) is 17.5 Å². The van der Waals surface area contributed by atoms with E-state index in [-0.39, 0.29) is 5.41 Å². The van der Waals surface area contributed by atoms with Crippen LogP contribution in [-0.4, -0.2) is 29.1 Å². The van der Waals surface area contributed by atoms with Crippen LogP contribution in [0.1, 0.15) is 59.7 Å². The van der Waals surface area contributed by atoms with Crippen LogP contribution in [0.2, 0.25) is 0 Å². The number of nitrogens with zero attached hydrogens (tertiary/aromatic N) is 3. The zero-order valence-corrected chi connectivity index (χ0v) is 13.7. The topological polar surface area (TPSA) is 41.0 Å². The van der Waals surface area contributed by atoms with Crippen LogP contribution in [0, 0.1) is 0 Å². The molecule has 20 heavy (non-hydrogen) atoms. The van der Waals surface area contributed by atoms with Crippen LogP contribution >= 0.6 is 0 Å². The molecule has 0 bridgehead atoms. The Morgan fingerprint density at radius 2 is 2.00 bits per heavy atom. The Kier molecular flexibility index (Phi) is 4.21. The molecule has 2 rings (SSSR count). The molecule has 0 radical (unpaired) electrons. The van der Waals surface area contributed by atoms with Crippen molar-refractivity contribution in [2.24, 2.45) is 0 Å². The average Bonchev–Trinajstić information content (AvgIpc) is 2.78. The summed E-state index contributed by atoms with van der Waals surface area (Å²) in [6.07, 6.45) is 3.69. The SMILES string of the molecule is CCC1CCC(C)N1c1cc(NC)nc(C(C)(C)C)n1. The maximum Gasteiger partial charge on any atom is 0.138 e. The van der Waals surface area contributed by atoms with Gasteiger partial charge in [0, 0.05) is 30.6 Å². The lowest BCUT2D eigenvalue weighted by Gasteiger charge is -2.30. The van der Waals surface area contributed by atoms with Crippen LogP contribution in [0.3, 0.4) is 0 Å². The van der Waals surface area contributed by atoms with E-state index in [4.69, 9.17) is 4.98 Å². The van der Waals surface area contributed by atoms with Crippen LogP contribution in [0.15, 0.2) is 6.07 Å². The first-order chi connectivity index (χ1) is 9.36. The van der Waals surface area contributed by atoms with Gasteiger partial charge in [0.1, 0.15) is 17.5 Å². The van der Waals surface area contributed by atoms with Crippen molar-refractivity contribution < 1.29 is 0 Å². The Labute approximate surface area is 123 Å². The van der Waals surface area contributed by atoms with Gasteiger partial charge in [-0.2, -0.15) is 0 Å². The van der Waals surface area contributed by atoms with Crippen LogP contribution in [0.25, 0.3) is 0 Å². The van der Waals surface area contributed by atoms with Crippen molar-refractivity contribution in [1.29, 1.82) is 0 Å². The minimum absolute atomic E-state index is 0.0354. The van der Waals surface area contributed by atoms with Crippen LogP contribution in [0.4, 0.5) is 11.6 Å². The molecule has 1 aliphatic rings. The molecule has 0 saturated carbocycles. The summed E-state index contributed by atoms with van der Waals surface area (Å²) in [7, 11) is 1.92. The van der Waals surface area contributed by atoms with Crippen LogP contribution < -0.4 is 10.2 Å². The van der Waals surface area contributed by atoms with E-state index in [2.05, 4.69) is 55.9 Å². The van der Waals surface area contributed by atoms with Gasteiger partial charge in [-0.1, -0.05) is 27.7 Å². The van der Waals surface area contributed by atoms with Crippen molar-refractivity contribution in [2.75, 3.05) is 17.3 Å². The van der Waals surface area contributed by atoms with Crippen molar-refractivity contribution in [3.8, 4) is 0 Å². The Hall–Kier alpha value is -1.32. The van der Waals surface area contributed by atoms with Crippen LogP contribution in [-0.2, 0) is 5.41 Å². The Balaban J connectivity index is 2.45. The molecule has 4 heteroatoms. The lowest BCUT2D eigenvalue weighted by atomic mass is 9.95. The summed E-state index contributed by atoms with van der Waals surface area (Å²) < 4.78 is 0. The lowest BCUT2D eigenvalue weighted by molar-refractivity contribution is 0.540. The lowest BCUT2D eigenvalue weighted by Crippen LogP contribution is -2.35. The first-order valence-corrected chi connectivity index (χ1v) is 7.72. The van der Waals surface area contributed by atoms with Gasteiger partial charge in [-0.05, 0) is 26.2 Å². The van der Waals surface area contributed by atoms with Crippen molar-refractivity contribution >= 4 is 11.6 Å². The molecule has 2 atom stereocenters. The van der Waals surface area contributed by atoms with Crippen LogP contribution in [0.5, 0.6) is 0 Å². The fourth-order valence-electron chi connectivity index (χ4n) is 2.92. The van der Waals surface area contributed by atoms with E-state index in [1.165, 1.54) is 19.3 Å². The second-order valence-electron chi connectivity index (χ2n) is 6.83. The highest BCUT2D eigenvalue weighted by molar-refractivity contribution is 5.51. The molecular formula is C16H28N4. The van der Waals surface area contributed by atoms with Gasteiger partial charge < -0.3 is 10.2 Å². The van der Waals surface area contributed by atoms with Gasteiger partial charge in [-0.25, -0.2) is 9.97 Å². The fraction of sp³-hybridized carbons (Fsp3) is 0.750. The average molecular weight is 276 g/mol. The van der Waals surface area contributed by atoms with E-state index in [1.807, 2.05) is 7.05 Å². The number of hydrogen-bond donors (Lipinski definition) is 1. The third kappa shape index (κ3) is 2.89. The molecule has 1 N–H and O–H groups in total. The molecule has 0 spiro atoms. The number of nitrogens with one attached hydrogen (secondary N) is 1. The molecule has 112 valence electrons. The van der Waals surface area contributed by atoms with Gasteiger partial charge in [0.2, 0.25) is 0 Å². The highest BCUT2D eigenvalue weighted by Crippen LogP contribution is 2.33. The molecule has 1 saturated heterocycles. The zero-order valence-electron chi connectivity index (χ0n) is 13.7. The minimum Gasteiger partial charge on any atom is -0.373 e. The fourth-order valence-corrected chi connectivity index (χ4v) is 2.92. The Bertz CT molecular complexity index is 464. The monoisotopic (exact) mass is 276 g/mol. The number of hydrogen-bond acceptors (Lipinski definition) is 4. The first kappa shape index (κ1) is 15.1. The maximum absolute atomic E-state index is 4.86. The molecule has 1 aromatic rings. The van der Waals surface area contributed by atoms with E-state index >= 15 is 0 Å². The summed E-state index contributed by atoms with van der Waals surface area (Å²) in [6.45, 7) is 11.1. The van der Waals surface area contributed by atoms with E-state index < -0.39 is 0 Å². The molecule has 0 amide bonds. The van der Waals surface area contributed by atoms with E-state index in [9.17, 15) is 0 Å². The summed E-state index contributed by atoms with van der Waals surface area (Å²) in [4.78, 5) is 12.0. The smallest absolute Gasteiger partial charge is 0.138 e. The number of aromatic nitrogens is 2. The third-order valence-electron chi connectivity index (χ3n) is 4.16. The van der Waals surface area contributed by atoms with Crippen molar-refractivity contribution in [3.63, 3.8) is 0 Å². The van der Waals surface area contributed by atoms with Crippen molar-refractivity contribution in [2.45, 2.75) is 71.4 Å². The maximum atomic E-state index is 4.86. The highest BCUT2D eigenvalue weighted by Gasteiger charge is 2.31. The predicted octanol–water partition coefficient (Wildman–Crippen LogP) is 3.58. The standard InChI is InChI=1S/C16H28N4/c1-7-12-9-8-11(2)20(12)14-10-13(17-6)18-15(19-14)16(3,4)5/h10-12H,7-9H2,1-6H3,(H,17,18,19). The van der Waals surface area contributed by atoms with E-state index in [1.54, 1.807) is 0 Å². The van der Waals surface area contributed by atoms with Crippen molar-refractivity contribution in [3.05, 3.63) is 11.9 Å². The summed E-state index contributed by atoms with van der Waals surface area (Å²) in [6, 6.07) is 3.25. The summed E-state index contributed by atoms with van der Waals surface area (Å²) in [5.74, 6) is 2.90. The second-order valence-corrected chi connectivity index (χ2v) is 6.83. The van der Waals surface area contributed by atoms with Gasteiger partial charge in [-0.15, -0.1) is 0 Å². The summed E-state index contributed by atoms with van der Waals surface area (Å²) in [5, 5.41) is 3.17. The van der Waals surface area contributed by atoms with Gasteiger partial charge in [-0.3, -0.25) is 0 Å². The first-order valence-electron chi connectivity index (χ1n) is 7.72. The summed E-state index contributed by atoms with van der Waals surface area (Å²) in [5.41, 5.74) is -0.0354. The summed E-state index contributed by atoms with van der Waals surface area (Å²) >= 11 is 0. The Morgan fingerprint density at radius 1 is 1.30 bits per heavy atom. The Morgan fingerprint density at radius 3 is 2.55 bits per heavy atom. The van der Waals surface area contributed by atoms with Gasteiger partial charge in [0.25, 0.3) is 0 Å². The second kappa shape index (κ2) is 5.58. The number of rotatable bonds is 3. The predicted molar refractivity (Wildman–Crippen MR) is 85.5 cm³/mol.